The summed E-state index contributed by atoms with van der Waals surface area (Å²) in [5.41, 5.74) is 0. The van der Waals surface area contributed by atoms with Gasteiger partial charge in [-0.1, -0.05) is 13.3 Å². The highest BCUT2D eigenvalue weighted by Gasteiger charge is 2.10. The average Bonchev–Trinajstić information content (AvgIpc) is 2.17. The first-order chi connectivity index (χ1) is 6.65. The van der Waals surface area contributed by atoms with Crippen LogP contribution in [0, 0.1) is 0 Å². The number of nitrogens with zero attached hydrogens (tertiary/aromatic N) is 4. The van der Waals surface area contributed by atoms with Crippen molar-refractivity contribution in [1.82, 2.24) is 15.2 Å². The predicted molar refractivity (Wildman–Crippen MR) is 57.6 cm³/mol. The van der Waals surface area contributed by atoms with E-state index in [1.807, 2.05) is 7.05 Å². The summed E-state index contributed by atoms with van der Waals surface area (Å²) >= 11 is 5.66. The van der Waals surface area contributed by atoms with Crippen molar-refractivity contribution in [3.05, 3.63) is 11.5 Å². The molecule has 14 heavy (non-hydrogen) atoms. The number of hydrogen-bond acceptors (Lipinski definition) is 4. The third kappa shape index (κ3) is 2.80. The molecular formula is C9H15ClN4. The van der Waals surface area contributed by atoms with Crippen molar-refractivity contribution in [3.63, 3.8) is 0 Å². The molecule has 0 aliphatic carbocycles. The van der Waals surface area contributed by atoms with Crippen molar-refractivity contribution in [3.8, 4) is 0 Å². The molecule has 1 unspecified atom stereocenters. The number of anilines is 1. The van der Waals surface area contributed by atoms with Crippen molar-refractivity contribution < 1.29 is 0 Å². The summed E-state index contributed by atoms with van der Waals surface area (Å²) in [6.07, 6.45) is 3.90. The minimum atomic E-state index is 0.193. The molecule has 4 nitrogen and oxygen atoms in total. The monoisotopic (exact) mass is 214 g/mol. The van der Waals surface area contributed by atoms with E-state index in [0.29, 0.717) is 6.04 Å². The van der Waals surface area contributed by atoms with E-state index in [4.69, 9.17) is 11.6 Å². The molecule has 0 saturated carbocycles. The normalized spacial score (nSPS) is 12.6. The van der Waals surface area contributed by atoms with E-state index in [1.165, 1.54) is 0 Å². The smallest absolute Gasteiger partial charge is 0.244 e. The Morgan fingerprint density at radius 3 is 2.86 bits per heavy atom. The molecule has 1 atom stereocenters. The molecule has 78 valence electrons. The van der Waals surface area contributed by atoms with Crippen LogP contribution in [0.1, 0.15) is 26.7 Å². The molecular weight excluding hydrogens is 200 g/mol. The van der Waals surface area contributed by atoms with E-state index in [1.54, 1.807) is 6.20 Å². The summed E-state index contributed by atoms with van der Waals surface area (Å²) in [6.45, 7) is 4.31. The molecule has 1 rings (SSSR count). The van der Waals surface area contributed by atoms with E-state index in [2.05, 4.69) is 33.9 Å². The maximum Gasteiger partial charge on any atom is 0.244 e. The topological polar surface area (TPSA) is 41.9 Å². The Morgan fingerprint density at radius 1 is 1.57 bits per heavy atom. The lowest BCUT2D eigenvalue weighted by Gasteiger charge is -2.24. The lowest BCUT2D eigenvalue weighted by molar-refractivity contribution is 0.609. The first-order valence-electron chi connectivity index (χ1n) is 4.73. The van der Waals surface area contributed by atoms with E-state index < -0.39 is 0 Å². The van der Waals surface area contributed by atoms with Gasteiger partial charge in [-0.3, -0.25) is 0 Å². The van der Waals surface area contributed by atoms with E-state index in [-0.39, 0.29) is 5.28 Å². The lowest BCUT2D eigenvalue weighted by atomic mass is 10.2. The Labute approximate surface area is 89.3 Å². The molecule has 0 amide bonds. The Morgan fingerprint density at radius 2 is 2.29 bits per heavy atom. The molecule has 0 aliphatic rings. The minimum Gasteiger partial charge on any atom is -0.356 e. The standard InChI is InChI=1S/C9H15ClN4/c1-4-5-7(2)14(3)8-6-11-13-9(10)12-8/h6-7H,4-5H2,1-3H3. The molecule has 1 heterocycles. The quantitative estimate of drug-likeness (QED) is 0.770. The molecule has 0 fully saturated rings. The maximum absolute atomic E-state index is 5.66. The Balaban J connectivity index is 2.73. The second-order valence-electron chi connectivity index (χ2n) is 3.33. The SMILES string of the molecule is CCCC(C)N(C)c1cnnc(Cl)n1. The lowest BCUT2D eigenvalue weighted by Crippen LogP contribution is -2.29. The first-order valence-corrected chi connectivity index (χ1v) is 5.11. The molecule has 1 aromatic rings. The molecule has 0 aromatic carbocycles. The van der Waals surface area contributed by atoms with Gasteiger partial charge in [0.05, 0.1) is 6.20 Å². The van der Waals surface area contributed by atoms with Crippen LogP contribution >= 0.6 is 11.6 Å². The van der Waals surface area contributed by atoms with Crippen LogP contribution in [0.4, 0.5) is 5.82 Å². The van der Waals surface area contributed by atoms with Crippen molar-refractivity contribution in [2.45, 2.75) is 32.7 Å². The number of aromatic nitrogens is 3. The van der Waals surface area contributed by atoms with Gasteiger partial charge < -0.3 is 4.90 Å². The van der Waals surface area contributed by atoms with Gasteiger partial charge in [-0.25, -0.2) is 0 Å². The highest BCUT2D eigenvalue weighted by molar-refractivity contribution is 6.28. The Kier molecular flexibility index (Phi) is 4.07. The van der Waals surface area contributed by atoms with Gasteiger partial charge in [-0.2, -0.15) is 10.1 Å². The van der Waals surface area contributed by atoms with Gasteiger partial charge in [0, 0.05) is 13.1 Å². The summed E-state index contributed by atoms with van der Waals surface area (Å²) in [7, 11) is 1.99. The summed E-state index contributed by atoms with van der Waals surface area (Å²) in [4.78, 5) is 6.15. The molecule has 0 saturated heterocycles. The number of halogens is 1. The van der Waals surface area contributed by atoms with Crippen molar-refractivity contribution in [1.29, 1.82) is 0 Å². The van der Waals surface area contributed by atoms with Gasteiger partial charge in [-0.05, 0) is 24.9 Å². The van der Waals surface area contributed by atoms with Crippen LogP contribution in [0.3, 0.4) is 0 Å². The van der Waals surface area contributed by atoms with Gasteiger partial charge >= 0.3 is 0 Å². The van der Waals surface area contributed by atoms with Gasteiger partial charge in [0.1, 0.15) is 0 Å². The first kappa shape index (κ1) is 11.2. The van der Waals surface area contributed by atoms with Crippen LogP contribution in [0.5, 0.6) is 0 Å². The third-order valence-electron chi connectivity index (χ3n) is 2.25. The van der Waals surface area contributed by atoms with Crippen LogP contribution < -0.4 is 4.90 Å². The summed E-state index contributed by atoms with van der Waals surface area (Å²) < 4.78 is 0. The predicted octanol–water partition coefficient (Wildman–Crippen LogP) is 2.15. The second kappa shape index (κ2) is 5.10. The molecule has 1 aromatic heterocycles. The number of rotatable bonds is 4. The Bertz CT molecular complexity index is 292. The zero-order chi connectivity index (χ0) is 10.6. The van der Waals surface area contributed by atoms with Crippen LogP contribution in [0.25, 0.3) is 0 Å². The van der Waals surface area contributed by atoms with Crippen molar-refractivity contribution in [2.75, 3.05) is 11.9 Å². The van der Waals surface area contributed by atoms with E-state index in [9.17, 15) is 0 Å². The minimum absolute atomic E-state index is 0.193. The second-order valence-corrected chi connectivity index (χ2v) is 3.67. The van der Waals surface area contributed by atoms with E-state index >= 15 is 0 Å². The third-order valence-corrected chi connectivity index (χ3v) is 2.41. The summed E-state index contributed by atoms with van der Waals surface area (Å²) in [5, 5.41) is 7.56. The molecule has 5 heteroatoms. The highest BCUT2D eigenvalue weighted by atomic mass is 35.5. The van der Waals surface area contributed by atoms with Crippen LogP contribution in [0.15, 0.2) is 6.20 Å². The highest BCUT2D eigenvalue weighted by Crippen LogP contribution is 2.14. The van der Waals surface area contributed by atoms with Gasteiger partial charge in [0.15, 0.2) is 5.82 Å². The van der Waals surface area contributed by atoms with Crippen LogP contribution in [-0.4, -0.2) is 28.3 Å². The van der Waals surface area contributed by atoms with Crippen LogP contribution in [0.2, 0.25) is 5.28 Å². The number of hydrogen-bond donors (Lipinski definition) is 0. The fourth-order valence-electron chi connectivity index (χ4n) is 1.28. The van der Waals surface area contributed by atoms with Crippen molar-refractivity contribution >= 4 is 17.4 Å². The van der Waals surface area contributed by atoms with Gasteiger partial charge in [0.2, 0.25) is 5.28 Å². The molecule has 0 spiro atoms. The fourth-order valence-corrected chi connectivity index (χ4v) is 1.41. The van der Waals surface area contributed by atoms with Gasteiger partial charge in [0.25, 0.3) is 0 Å². The zero-order valence-electron chi connectivity index (χ0n) is 8.74. The zero-order valence-corrected chi connectivity index (χ0v) is 9.49. The van der Waals surface area contributed by atoms with Crippen molar-refractivity contribution in [2.24, 2.45) is 0 Å². The molecule has 0 aliphatic heterocycles. The molecule has 0 N–H and O–H groups in total. The fraction of sp³-hybridized carbons (Fsp3) is 0.667. The summed E-state index contributed by atoms with van der Waals surface area (Å²) in [6, 6.07) is 0.438. The Hall–Kier alpha value is -0.900. The molecule has 0 bridgehead atoms. The van der Waals surface area contributed by atoms with Gasteiger partial charge in [-0.15, -0.1) is 5.10 Å². The largest absolute Gasteiger partial charge is 0.356 e. The van der Waals surface area contributed by atoms with E-state index in [0.717, 1.165) is 18.7 Å². The van der Waals surface area contributed by atoms with Crippen LogP contribution in [-0.2, 0) is 0 Å². The molecule has 0 radical (unpaired) electrons. The average molecular weight is 215 g/mol. The maximum atomic E-state index is 5.66. The summed E-state index contributed by atoms with van der Waals surface area (Å²) in [5.74, 6) is 0.769.